The van der Waals surface area contributed by atoms with Gasteiger partial charge in [0.2, 0.25) is 0 Å². The number of fused-ring (bicyclic) bond motifs is 1. The van der Waals surface area contributed by atoms with Gasteiger partial charge in [-0.3, -0.25) is 0 Å². The van der Waals surface area contributed by atoms with Crippen LogP contribution in [0, 0.1) is 6.92 Å². The number of sulfone groups is 1. The third-order valence-electron chi connectivity index (χ3n) is 3.91. The van der Waals surface area contributed by atoms with Crippen LogP contribution in [0.4, 0.5) is 13.2 Å². The minimum atomic E-state index is -4.62. The maximum Gasteiger partial charge on any atom is 0.416 e. The molecule has 0 fully saturated rings. The maximum atomic E-state index is 13.0. The molecule has 0 amide bonds. The first-order valence-corrected chi connectivity index (χ1v) is 9.17. The van der Waals surface area contributed by atoms with Crippen molar-refractivity contribution >= 4 is 20.7 Å². The van der Waals surface area contributed by atoms with Crippen LogP contribution >= 0.6 is 0 Å². The van der Waals surface area contributed by atoms with Crippen LogP contribution in [-0.4, -0.2) is 24.0 Å². The highest BCUT2D eigenvalue weighted by Gasteiger charge is 2.33. The summed E-state index contributed by atoms with van der Waals surface area (Å²) < 4.78 is 64.9. The largest absolute Gasteiger partial charge is 0.416 e. The molecule has 0 bridgehead atoms. The fourth-order valence-corrected chi connectivity index (χ4v) is 3.63. The van der Waals surface area contributed by atoms with E-state index in [4.69, 9.17) is 0 Å². The summed E-state index contributed by atoms with van der Waals surface area (Å²) in [5.74, 6) is -0.304. The van der Waals surface area contributed by atoms with E-state index in [1.807, 2.05) is 25.1 Å². The highest BCUT2D eigenvalue weighted by molar-refractivity contribution is 7.91. The van der Waals surface area contributed by atoms with Gasteiger partial charge in [-0.2, -0.15) is 18.3 Å². The van der Waals surface area contributed by atoms with E-state index in [0.29, 0.717) is 11.6 Å². The molecular weight excluding hydrogens is 353 g/mol. The predicted molar refractivity (Wildman–Crippen MR) is 88.5 cm³/mol. The zero-order valence-corrected chi connectivity index (χ0v) is 14.3. The van der Waals surface area contributed by atoms with Crippen molar-refractivity contribution in [2.24, 2.45) is 0 Å². The van der Waals surface area contributed by atoms with E-state index < -0.39 is 21.6 Å². The third kappa shape index (κ3) is 3.26. The van der Waals surface area contributed by atoms with Crippen LogP contribution in [-0.2, 0) is 16.0 Å². The molecule has 132 valence electrons. The van der Waals surface area contributed by atoms with Gasteiger partial charge in [-0.1, -0.05) is 19.1 Å². The second-order valence-electron chi connectivity index (χ2n) is 5.72. The van der Waals surface area contributed by atoms with Gasteiger partial charge in [-0.25, -0.2) is 13.1 Å². The van der Waals surface area contributed by atoms with Crippen molar-refractivity contribution in [3.8, 4) is 5.69 Å². The number of hydrogen-bond donors (Lipinski definition) is 0. The molecule has 3 rings (SSSR count). The molecule has 0 aliphatic carbocycles. The molecule has 25 heavy (non-hydrogen) atoms. The quantitative estimate of drug-likeness (QED) is 0.698. The van der Waals surface area contributed by atoms with E-state index in [1.54, 1.807) is 6.20 Å². The van der Waals surface area contributed by atoms with Crippen LogP contribution in [0.25, 0.3) is 16.6 Å². The van der Waals surface area contributed by atoms with Crippen LogP contribution in [0.1, 0.15) is 18.1 Å². The van der Waals surface area contributed by atoms with Crippen molar-refractivity contribution in [3.63, 3.8) is 0 Å². The molecule has 0 saturated heterocycles. The van der Waals surface area contributed by atoms with Crippen molar-refractivity contribution in [2.75, 3.05) is 5.75 Å². The summed E-state index contributed by atoms with van der Waals surface area (Å²) in [5, 5.41) is 5.08. The number of rotatable bonds is 3. The summed E-state index contributed by atoms with van der Waals surface area (Å²) in [5.41, 5.74) is 0.714. The first-order valence-electron chi connectivity index (χ1n) is 7.52. The van der Waals surface area contributed by atoms with E-state index in [0.717, 1.165) is 23.1 Å². The summed E-state index contributed by atoms with van der Waals surface area (Å²) >= 11 is 0. The molecule has 0 aliphatic heterocycles. The van der Waals surface area contributed by atoms with Crippen LogP contribution in [0.2, 0.25) is 0 Å². The zero-order chi connectivity index (χ0) is 18.4. The van der Waals surface area contributed by atoms with Gasteiger partial charge in [0.05, 0.1) is 27.4 Å². The molecule has 0 aliphatic rings. The van der Waals surface area contributed by atoms with E-state index in [-0.39, 0.29) is 16.3 Å². The normalized spacial score (nSPS) is 12.7. The van der Waals surface area contributed by atoms with Gasteiger partial charge in [0.15, 0.2) is 9.84 Å². The van der Waals surface area contributed by atoms with Crippen LogP contribution in [0.15, 0.2) is 47.5 Å². The lowest BCUT2D eigenvalue weighted by molar-refractivity contribution is -0.137. The number of aromatic nitrogens is 2. The Labute approximate surface area is 142 Å². The van der Waals surface area contributed by atoms with Gasteiger partial charge in [0, 0.05) is 11.6 Å². The number of alkyl halides is 3. The van der Waals surface area contributed by atoms with Crippen LogP contribution < -0.4 is 0 Å². The Bertz CT molecular complexity index is 1050. The molecule has 0 N–H and O–H groups in total. The molecular formula is C17H15F3N2O2S. The van der Waals surface area contributed by atoms with Crippen molar-refractivity contribution in [1.29, 1.82) is 0 Å². The fourth-order valence-electron chi connectivity index (χ4n) is 2.53. The molecule has 1 aromatic heterocycles. The lowest BCUT2D eigenvalue weighted by Crippen LogP contribution is -2.13. The molecule has 2 aromatic carbocycles. The monoisotopic (exact) mass is 368 g/mol. The van der Waals surface area contributed by atoms with Crippen molar-refractivity contribution in [2.45, 2.75) is 24.9 Å². The summed E-state index contributed by atoms with van der Waals surface area (Å²) in [6, 6.07) is 8.21. The first-order chi connectivity index (χ1) is 11.6. The molecule has 0 radical (unpaired) electrons. The van der Waals surface area contributed by atoms with E-state index >= 15 is 0 Å². The van der Waals surface area contributed by atoms with Gasteiger partial charge in [-0.15, -0.1) is 0 Å². The Balaban J connectivity index is 2.26. The Morgan fingerprint density at radius 3 is 2.48 bits per heavy atom. The number of benzene rings is 2. The van der Waals surface area contributed by atoms with Gasteiger partial charge in [-0.05, 0) is 36.8 Å². The highest BCUT2D eigenvalue weighted by atomic mass is 32.2. The Morgan fingerprint density at radius 1 is 1.12 bits per heavy atom. The predicted octanol–water partition coefficient (Wildman–Crippen LogP) is 4.15. The number of hydrogen-bond acceptors (Lipinski definition) is 3. The Hall–Kier alpha value is -2.35. The van der Waals surface area contributed by atoms with Gasteiger partial charge < -0.3 is 0 Å². The minimum absolute atomic E-state index is 0.101. The Kier molecular flexibility index (Phi) is 4.10. The van der Waals surface area contributed by atoms with E-state index in [2.05, 4.69) is 5.10 Å². The third-order valence-corrected chi connectivity index (χ3v) is 5.67. The van der Waals surface area contributed by atoms with Gasteiger partial charge in [0.25, 0.3) is 0 Å². The smallest absolute Gasteiger partial charge is 0.238 e. The second kappa shape index (κ2) is 5.87. The van der Waals surface area contributed by atoms with Crippen molar-refractivity contribution in [1.82, 2.24) is 9.78 Å². The molecule has 3 aromatic rings. The summed E-state index contributed by atoms with van der Waals surface area (Å²) in [4.78, 5) is -0.380. The molecule has 1 heterocycles. The molecule has 0 saturated carbocycles. The van der Waals surface area contributed by atoms with Crippen LogP contribution in [0.3, 0.4) is 0 Å². The molecule has 0 spiro atoms. The highest BCUT2D eigenvalue weighted by Crippen LogP contribution is 2.33. The Morgan fingerprint density at radius 2 is 1.84 bits per heavy atom. The number of nitrogens with zero attached hydrogens (tertiary/aromatic N) is 2. The molecule has 0 atom stereocenters. The first kappa shape index (κ1) is 17.5. The molecule has 8 heteroatoms. The summed E-state index contributed by atoms with van der Waals surface area (Å²) in [7, 11) is -3.87. The number of aryl methyl sites for hydroxylation is 1. The maximum absolute atomic E-state index is 13.0. The lowest BCUT2D eigenvalue weighted by Gasteiger charge is -2.13. The fraction of sp³-hybridized carbons (Fsp3) is 0.235. The second-order valence-corrected chi connectivity index (χ2v) is 7.97. The van der Waals surface area contributed by atoms with Crippen molar-refractivity contribution < 1.29 is 21.6 Å². The van der Waals surface area contributed by atoms with Crippen molar-refractivity contribution in [3.05, 3.63) is 53.7 Å². The summed E-state index contributed by atoms with van der Waals surface area (Å²) in [6.07, 6.45) is -3.02. The van der Waals surface area contributed by atoms with E-state index in [9.17, 15) is 21.6 Å². The SMILES string of the molecule is CCS(=O)(=O)c1cc(C(F)(F)F)ccc1-n1cc2ccc(C)cc2n1. The standard InChI is InChI=1S/C17H15F3N2O2S/c1-3-25(23,24)16-9-13(17(18,19)20)6-7-15(16)22-10-12-5-4-11(2)8-14(12)21-22/h4-10H,3H2,1-2H3. The van der Waals surface area contributed by atoms with Gasteiger partial charge in [0.1, 0.15) is 0 Å². The molecule has 0 unspecified atom stereocenters. The average Bonchev–Trinajstić information content (AvgIpc) is 2.96. The van der Waals surface area contributed by atoms with Crippen LogP contribution in [0.5, 0.6) is 0 Å². The van der Waals surface area contributed by atoms with E-state index in [1.165, 1.54) is 11.6 Å². The minimum Gasteiger partial charge on any atom is -0.238 e. The summed E-state index contributed by atoms with van der Waals surface area (Å²) in [6.45, 7) is 3.28. The zero-order valence-electron chi connectivity index (χ0n) is 13.5. The topological polar surface area (TPSA) is 52.0 Å². The number of halogens is 3. The average molecular weight is 368 g/mol. The lowest BCUT2D eigenvalue weighted by atomic mass is 10.2. The van der Waals surface area contributed by atoms with Gasteiger partial charge >= 0.3 is 6.18 Å². The molecule has 4 nitrogen and oxygen atoms in total.